The Morgan fingerprint density at radius 2 is 2.22 bits per heavy atom. The number of nitrogens with one attached hydrogen (secondary N) is 1. The van der Waals surface area contributed by atoms with E-state index in [2.05, 4.69) is 16.4 Å². The number of aromatic nitrogens is 1. The van der Waals surface area contributed by atoms with Gasteiger partial charge in [-0.2, -0.15) is 5.26 Å². The van der Waals surface area contributed by atoms with Crippen LogP contribution < -0.4 is 11.1 Å². The molecule has 90 valence electrons. The minimum absolute atomic E-state index is 0.469. The number of fused-ring (bicyclic) bond motifs is 1. The number of para-hydroxylation sites is 1. The number of hydrogen-bond donors (Lipinski definition) is 2. The number of primary amides is 1. The fraction of sp³-hybridized carbons (Fsp3) is 0.154. The summed E-state index contributed by atoms with van der Waals surface area (Å²) in [6, 6.07) is 10.5. The van der Waals surface area contributed by atoms with E-state index in [1.54, 1.807) is 13.0 Å². The van der Waals surface area contributed by atoms with Crippen molar-refractivity contribution >= 4 is 22.6 Å². The van der Waals surface area contributed by atoms with Crippen molar-refractivity contribution in [3.05, 3.63) is 35.9 Å². The number of pyridine rings is 1. The first-order chi connectivity index (χ1) is 8.61. The van der Waals surface area contributed by atoms with Gasteiger partial charge in [0.15, 0.2) is 0 Å². The Kier molecular flexibility index (Phi) is 3.11. The van der Waals surface area contributed by atoms with E-state index in [0.717, 1.165) is 5.39 Å². The first kappa shape index (κ1) is 11.9. The molecule has 2 aromatic rings. The van der Waals surface area contributed by atoms with E-state index < -0.39 is 11.9 Å². The van der Waals surface area contributed by atoms with Gasteiger partial charge in [0.1, 0.15) is 11.9 Å². The number of benzene rings is 1. The number of anilines is 1. The smallest absolute Gasteiger partial charge is 0.239 e. The normalized spacial score (nSPS) is 11.8. The van der Waals surface area contributed by atoms with Crippen LogP contribution in [0.25, 0.3) is 10.9 Å². The first-order valence-corrected chi connectivity index (χ1v) is 5.47. The van der Waals surface area contributed by atoms with E-state index in [1.165, 1.54) is 0 Å². The van der Waals surface area contributed by atoms with Crippen LogP contribution in [0.3, 0.4) is 0 Å². The minimum Gasteiger partial charge on any atom is -0.368 e. The molecule has 1 amide bonds. The fourth-order valence-corrected chi connectivity index (χ4v) is 1.63. The van der Waals surface area contributed by atoms with Crippen molar-refractivity contribution in [1.82, 2.24) is 4.98 Å². The number of amides is 1. The molecule has 1 unspecified atom stereocenters. The first-order valence-electron chi connectivity index (χ1n) is 5.47. The molecular weight excluding hydrogens is 228 g/mol. The molecule has 0 bridgehead atoms. The van der Waals surface area contributed by atoms with Crippen molar-refractivity contribution in [2.75, 3.05) is 5.32 Å². The largest absolute Gasteiger partial charge is 0.368 e. The Morgan fingerprint density at radius 3 is 2.89 bits per heavy atom. The Labute approximate surface area is 104 Å². The van der Waals surface area contributed by atoms with Crippen LogP contribution in [0.15, 0.2) is 30.3 Å². The van der Waals surface area contributed by atoms with Crippen LogP contribution in [0.1, 0.15) is 12.5 Å². The zero-order valence-electron chi connectivity index (χ0n) is 9.84. The van der Waals surface area contributed by atoms with Crippen LogP contribution in [0.5, 0.6) is 0 Å². The van der Waals surface area contributed by atoms with Gasteiger partial charge >= 0.3 is 0 Å². The van der Waals surface area contributed by atoms with Gasteiger partial charge in [0.2, 0.25) is 5.91 Å². The summed E-state index contributed by atoms with van der Waals surface area (Å²) >= 11 is 0. The lowest BCUT2D eigenvalue weighted by Gasteiger charge is -2.11. The molecule has 0 spiro atoms. The van der Waals surface area contributed by atoms with Crippen molar-refractivity contribution < 1.29 is 4.79 Å². The van der Waals surface area contributed by atoms with E-state index in [0.29, 0.717) is 16.9 Å². The highest BCUT2D eigenvalue weighted by Crippen LogP contribution is 2.20. The van der Waals surface area contributed by atoms with Crippen LogP contribution in [0, 0.1) is 11.3 Å². The summed E-state index contributed by atoms with van der Waals surface area (Å²) in [4.78, 5) is 15.3. The number of nitrogens with two attached hydrogens (primary N) is 1. The summed E-state index contributed by atoms with van der Waals surface area (Å²) in [5.41, 5.74) is 6.39. The number of hydrogen-bond acceptors (Lipinski definition) is 4. The van der Waals surface area contributed by atoms with Crippen LogP contribution in [0.4, 0.5) is 5.82 Å². The van der Waals surface area contributed by atoms with Gasteiger partial charge in [-0.1, -0.05) is 18.2 Å². The minimum atomic E-state index is -0.537. The van der Waals surface area contributed by atoms with Gasteiger partial charge in [-0.15, -0.1) is 0 Å². The Balaban J connectivity index is 2.48. The van der Waals surface area contributed by atoms with Gasteiger partial charge in [0.05, 0.1) is 17.1 Å². The summed E-state index contributed by atoms with van der Waals surface area (Å²) < 4.78 is 0. The lowest BCUT2D eigenvalue weighted by molar-refractivity contribution is -0.118. The van der Waals surface area contributed by atoms with Crippen LogP contribution in [-0.2, 0) is 4.79 Å². The van der Waals surface area contributed by atoms with Crippen LogP contribution >= 0.6 is 0 Å². The number of rotatable bonds is 3. The molecule has 1 heterocycles. The maximum Gasteiger partial charge on any atom is 0.239 e. The summed E-state index contributed by atoms with van der Waals surface area (Å²) in [6.07, 6.45) is 0. The summed E-state index contributed by atoms with van der Waals surface area (Å²) in [5, 5.41) is 12.8. The van der Waals surface area contributed by atoms with Gasteiger partial charge in [-0.05, 0) is 19.1 Å². The number of nitrogens with zero attached hydrogens (tertiary/aromatic N) is 2. The zero-order chi connectivity index (χ0) is 13.1. The molecule has 0 aliphatic carbocycles. The Bertz CT molecular complexity index is 645. The molecule has 3 N–H and O–H groups in total. The molecule has 0 saturated heterocycles. The van der Waals surface area contributed by atoms with E-state index in [1.807, 2.05) is 24.3 Å². The molecule has 5 heteroatoms. The molecule has 0 saturated carbocycles. The molecule has 0 aliphatic rings. The molecule has 0 fully saturated rings. The van der Waals surface area contributed by atoms with E-state index >= 15 is 0 Å². The summed E-state index contributed by atoms with van der Waals surface area (Å²) in [7, 11) is 0. The second-order valence-electron chi connectivity index (χ2n) is 3.95. The third kappa shape index (κ3) is 2.23. The van der Waals surface area contributed by atoms with E-state index in [-0.39, 0.29) is 0 Å². The van der Waals surface area contributed by atoms with Gasteiger partial charge in [-0.3, -0.25) is 4.79 Å². The highest BCUT2D eigenvalue weighted by Gasteiger charge is 2.11. The topological polar surface area (TPSA) is 91.8 Å². The van der Waals surface area contributed by atoms with Crippen molar-refractivity contribution in [1.29, 1.82) is 5.26 Å². The van der Waals surface area contributed by atoms with Crippen molar-refractivity contribution in [3.8, 4) is 6.07 Å². The zero-order valence-corrected chi connectivity index (χ0v) is 9.84. The summed E-state index contributed by atoms with van der Waals surface area (Å²) in [5.74, 6) is 0.0000151. The molecule has 18 heavy (non-hydrogen) atoms. The number of carbonyl (C=O) groups is 1. The highest BCUT2D eigenvalue weighted by atomic mass is 16.1. The van der Waals surface area contributed by atoms with Crippen molar-refractivity contribution in [2.24, 2.45) is 5.73 Å². The maximum atomic E-state index is 11.0. The highest BCUT2D eigenvalue weighted by molar-refractivity contribution is 5.87. The second kappa shape index (κ2) is 4.72. The van der Waals surface area contributed by atoms with Gasteiger partial charge in [-0.25, -0.2) is 4.98 Å². The summed E-state index contributed by atoms with van der Waals surface area (Å²) in [6.45, 7) is 1.64. The average Bonchev–Trinajstić information content (AvgIpc) is 2.37. The maximum absolute atomic E-state index is 11.0. The monoisotopic (exact) mass is 240 g/mol. The molecule has 1 aromatic heterocycles. The van der Waals surface area contributed by atoms with E-state index in [4.69, 9.17) is 11.0 Å². The van der Waals surface area contributed by atoms with Gasteiger partial charge in [0, 0.05) is 5.39 Å². The molecular formula is C13H12N4O. The standard InChI is InChI=1S/C13H12N4O/c1-8(13(15)18)16-12-6-9(7-14)10-4-2-3-5-11(10)17-12/h2-6,8H,1H3,(H2,15,18)(H,16,17). The predicted molar refractivity (Wildman–Crippen MR) is 68.7 cm³/mol. The molecule has 1 atom stereocenters. The predicted octanol–water partition coefficient (Wildman–Crippen LogP) is 1.39. The van der Waals surface area contributed by atoms with Crippen LogP contribution in [-0.4, -0.2) is 16.9 Å². The molecule has 1 aromatic carbocycles. The van der Waals surface area contributed by atoms with Crippen molar-refractivity contribution in [3.63, 3.8) is 0 Å². The molecule has 0 aliphatic heterocycles. The average molecular weight is 240 g/mol. The second-order valence-corrected chi connectivity index (χ2v) is 3.95. The quantitative estimate of drug-likeness (QED) is 0.848. The van der Waals surface area contributed by atoms with Gasteiger partial charge < -0.3 is 11.1 Å². The Hall–Kier alpha value is -2.61. The molecule has 2 rings (SSSR count). The van der Waals surface area contributed by atoms with Crippen LogP contribution in [0.2, 0.25) is 0 Å². The van der Waals surface area contributed by atoms with Gasteiger partial charge in [0.25, 0.3) is 0 Å². The van der Waals surface area contributed by atoms with Crippen molar-refractivity contribution in [2.45, 2.75) is 13.0 Å². The number of carbonyl (C=O) groups excluding carboxylic acids is 1. The third-order valence-corrected chi connectivity index (χ3v) is 2.63. The molecule has 0 radical (unpaired) electrons. The van der Waals surface area contributed by atoms with E-state index in [9.17, 15) is 4.79 Å². The lowest BCUT2D eigenvalue weighted by atomic mass is 10.1. The Morgan fingerprint density at radius 1 is 1.50 bits per heavy atom. The number of nitriles is 1. The third-order valence-electron chi connectivity index (χ3n) is 2.63. The fourth-order valence-electron chi connectivity index (χ4n) is 1.63. The molecule has 5 nitrogen and oxygen atoms in total. The lowest BCUT2D eigenvalue weighted by Crippen LogP contribution is -2.32. The SMILES string of the molecule is CC(Nc1cc(C#N)c2ccccc2n1)C(N)=O.